The Morgan fingerprint density at radius 1 is 1.00 bits per heavy atom. The third kappa shape index (κ3) is 2.90. The monoisotopic (exact) mass is 278 g/mol. The average Bonchev–Trinajstić information content (AvgIpc) is 2.38. The van der Waals surface area contributed by atoms with E-state index < -0.39 is 0 Å². The molecule has 0 N–H and O–H groups in total. The van der Waals surface area contributed by atoms with E-state index in [2.05, 4.69) is 0 Å². The molecule has 0 heterocycles. The van der Waals surface area contributed by atoms with Gasteiger partial charge >= 0.3 is 0 Å². The van der Waals surface area contributed by atoms with Crippen LogP contribution < -0.4 is 4.74 Å². The van der Waals surface area contributed by atoms with Crippen LogP contribution in [0.4, 0.5) is 4.39 Å². The molecule has 0 saturated carbocycles. The highest BCUT2D eigenvalue weighted by Gasteiger charge is 2.14. The first-order valence-electron chi connectivity index (χ1n) is 6.07. The van der Waals surface area contributed by atoms with Crippen LogP contribution in [0.15, 0.2) is 36.4 Å². The summed E-state index contributed by atoms with van der Waals surface area (Å²) < 4.78 is 18.3. The third-order valence-electron chi connectivity index (χ3n) is 3.14. The molecule has 2 rings (SSSR count). The standard InChI is InChI=1S/C16H16ClFO/c1-10-8-13(9-11(2)16(10)19-3)15(17)12-4-6-14(18)7-5-12/h4-9,15H,1-3H3. The number of hydrogen-bond donors (Lipinski definition) is 0. The van der Waals surface area contributed by atoms with Crippen LogP contribution in [0.2, 0.25) is 0 Å². The van der Waals surface area contributed by atoms with Gasteiger partial charge in [-0.15, -0.1) is 11.6 Å². The maximum atomic E-state index is 12.9. The molecule has 0 spiro atoms. The maximum Gasteiger partial charge on any atom is 0.124 e. The zero-order chi connectivity index (χ0) is 14.0. The van der Waals surface area contributed by atoms with Gasteiger partial charge in [0.1, 0.15) is 11.6 Å². The van der Waals surface area contributed by atoms with Crippen molar-refractivity contribution in [2.45, 2.75) is 19.2 Å². The second kappa shape index (κ2) is 5.62. The molecule has 100 valence electrons. The molecular weight excluding hydrogens is 263 g/mol. The van der Waals surface area contributed by atoms with Crippen molar-refractivity contribution < 1.29 is 9.13 Å². The summed E-state index contributed by atoms with van der Waals surface area (Å²) in [6.45, 7) is 3.98. The van der Waals surface area contributed by atoms with Crippen molar-refractivity contribution in [3.05, 3.63) is 64.5 Å². The summed E-state index contributed by atoms with van der Waals surface area (Å²) in [6, 6.07) is 10.3. The van der Waals surface area contributed by atoms with Crippen LogP contribution in [0, 0.1) is 19.7 Å². The lowest BCUT2D eigenvalue weighted by atomic mass is 9.99. The van der Waals surface area contributed by atoms with Crippen LogP contribution in [0.25, 0.3) is 0 Å². The Bertz CT molecular complexity index is 555. The molecule has 0 aliphatic rings. The molecule has 2 aromatic carbocycles. The van der Waals surface area contributed by atoms with E-state index in [1.807, 2.05) is 26.0 Å². The van der Waals surface area contributed by atoms with Gasteiger partial charge < -0.3 is 4.74 Å². The van der Waals surface area contributed by atoms with E-state index in [0.717, 1.165) is 28.0 Å². The number of halogens is 2. The largest absolute Gasteiger partial charge is 0.496 e. The summed E-state index contributed by atoms with van der Waals surface area (Å²) in [5, 5.41) is -0.288. The molecule has 0 aliphatic carbocycles. The smallest absolute Gasteiger partial charge is 0.124 e. The van der Waals surface area contributed by atoms with Crippen LogP contribution in [0.5, 0.6) is 5.75 Å². The zero-order valence-corrected chi connectivity index (χ0v) is 12.0. The zero-order valence-electron chi connectivity index (χ0n) is 11.2. The summed E-state index contributed by atoms with van der Waals surface area (Å²) in [5.74, 6) is 0.626. The lowest BCUT2D eigenvalue weighted by molar-refractivity contribution is 0.408. The number of rotatable bonds is 3. The molecule has 19 heavy (non-hydrogen) atoms. The summed E-state index contributed by atoms with van der Waals surface area (Å²) in [4.78, 5) is 0. The van der Waals surface area contributed by atoms with Crippen molar-refractivity contribution in [3.63, 3.8) is 0 Å². The Labute approximate surface area is 118 Å². The van der Waals surface area contributed by atoms with Crippen molar-refractivity contribution >= 4 is 11.6 Å². The second-order valence-corrected chi connectivity index (χ2v) is 5.04. The molecule has 0 aliphatic heterocycles. The number of methoxy groups -OCH3 is 1. The van der Waals surface area contributed by atoms with E-state index in [-0.39, 0.29) is 11.2 Å². The van der Waals surface area contributed by atoms with Crippen molar-refractivity contribution in [1.29, 1.82) is 0 Å². The fourth-order valence-electron chi connectivity index (χ4n) is 2.28. The van der Waals surface area contributed by atoms with Gasteiger partial charge in [-0.2, -0.15) is 0 Å². The minimum atomic E-state index is -0.288. The summed E-state index contributed by atoms with van der Waals surface area (Å²) in [7, 11) is 1.66. The number of ether oxygens (including phenoxy) is 1. The predicted octanol–water partition coefficient (Wildman–Crippen LogP) is 4.78. The van der Waals surface area contributed by atoms with Gasteiger partial charge in [0.05, 0.1) is 12.5 Å². The summed E-state index contributed by atoms with van der Waals surface area (Å²) >= 11 is 6.46. The van der Waals surface area contributed by atoms with E-state index >= 15 is 0 Å². The van der Waals surface area contributed by atoms with E-state index in [0.29, 0.717) is 0 Å². The molecule has 1 nitrogen and oxygen atoms in total. The van der Waals surface area contributed by atoms with Crippen LogP contribution in [0.1, 0.15) is 27.6 Å². The molecule has 0 radical (unpaired) electrons. The molecule has 1 unspecified atom stereocenters. The molecule has 0 aromatic heterocycles. The lowest BCUT2D eigenvalue weighted by Gasteiger charge is -2.15. The fraction of sp³-hybridized carbons (Fsp3) is 0.250. The molecule has 0 amide bonds. The highest BCUT2D eigenvalue weighted by Crippen LogP contribution is 2.33. The molecule has 0 bridgehead atoms. The number of aryl methyl sites for hydroxylation is 2. The second-order valence-electron chi connectivity index (χ2n) is 4.60. The maximum absolute atomic E-state index is 12.9. The SMILES string of the molecule is COc1c(C)cc(C(Cl)c2ccc(F)cc2)cc1C. The van der Waals surface area contributed by atoms with Crippen molar-refractivity contribution in [2.24, 2.45) is 0 Å². The van der Waals surface area contributed by atoms with E-state index in [4.69, 9.17) is 16.3 Å². The predicted molar refractivity (Wildman–Crippen MR) is 76.6 cm³/mol. The molecule has 0 fully saturated rings. The number of alkyl halides is 1. The van der Waals surface area contributed by atoms with Crippen molar-refractivity contribution in [3.8, 4) is 5.75 Å². The van der Waals surface area contributed by atoms with Crippen LogP contribution in [-0.2, 0) is 0 Å². The van der Waals surface area contributed by atoms with Crippen LogP contribution in [-0.4, -0.2) is 7.11 Å². The third-order valence-corrected chi connectivity index (χ3v) is 3.65. The number of hydrogen-bond acceptors (Lipinski definition) is 1. The van der Waals surface area contributed by atoms with Gasteiger partial charge in [0.15, 0.2) is 0 Å². The van der Waals surface area contributed by atoms with Gasteiger partial charge in [-0.25, -0.2) is 4.39 Å². The molecule has 3 heteroatoms. The van der Waals surface area contributed by atoms with E-state index in [1.165, 1.54) is 12.1 Å². The molecule has 0 saturated heterocycles. The Morgan fingerprint density at radius 3 is 2.00 bits per heavy atom. The first kappa shape index (κ1) is 13.9. The van der Waals surface area contributed by atoms with E-state index in [9.17, 15) is 4.39 Å². The van der Waals surface area contributed by atoms with Gasteiger partial charge in [-0.3, -0.25) is 0 Å². The Hall–Kier alpha value is -1.54. The van der Waals surface area contributed by atoms with Crippen molar-refractivity contribution in [2.75, 3.05) is 7.11 Å². The average molecular weight is 279 g/mol. The quantitative estimate of drug-likeness (QED) is 0.734. The van der Waals surface area contributed by atoms with Gasteiger partial charge in [0.2, 0.25) is 0 Å². The lowest BCUT2D eigenvalue weighted by Crippen LogP contribution is -1.98. The van der Waals surface area contributed by atoms with Gasteiger partial charge in [-0.05, 0) is 48.2 Å². The highest BCUT2D eigenvalue weighted by molar-refractivity contribution is 6.22. The van der Waals surface area contributed by atoms with Gasteiger partial charge in [0.25, 0.3) is 0 Å². The van der Waals surface area contributed by atoms with E-state index in [1.54, 1.807) is 19.2 Å². The summed E-state index contributed by atoms with van der Waals surface area (Å²) in [5.41, 5.74) is 3.96. The first-order valence-corrected chi connectivity index (χ1v) is 6.51. The molecular formula is C16H16ClFO. The van der Waals surface area contributed by atoms with Crippen LogP contribution in [0.3, 0.4) is 0 Å². The normalized spacial score (nSPS) is 12.3. The van der Waals surface area contributed by atoms with Gasteiger partial charge in [0, 0.05) is 0 Å². The Balaban J connectivity index is 2.39. The fourth-order valence-corrected chi connectivity index (χ4v) is 2.55. The molecule has 1 atom stereocenters. The van der Waals surface area contributed by atoms with Crippen molar-refractivity contribution in [1.82, 2.24) is 0 Å². The van der Waals surface area contributed by atoms with Crippen LogP contribution >= 0.6 is 11.6 Å². The molecule has 2 aromatic rings. The number of benzene rings is 2. The van der Waals surface area contributed by atoms with Gasteiger partial charge in [-0.1, -0.05) is 24.3 Å². The topological polar surface area (TPSA) is 9.23 Å². The highest BCUT2D eigenvalue weighted by atomic mass is 35.5. The summed E-state index contributed by atoms with van der Waals surface area (Å²) in [6.07, 6.45) is 0. The Kier molecular flexibility index (Phi) is 4.11. The minimum absolute atomic E-state index is 0.255. The Morgan fingerprint density at radius 2 is 1.53 bits per heavy atom. The first-order chi connectivity index (χ1) is 9.02. The minimum Gasteiger partial charge on any atom is -0.496 e.